The fourth-order valence-electron chi connectivity index (χ4n) is 3.82. The van der Waals surface area contributed by atoms with Crippen LogP contribution < -0.4 is 16.4 Å². The van der Waals surface area contributed by atoms with Crippen LogP contribution in [0.25, 0.3) is 17.0 Å². The molecule has 0 radical (unpaired) electrons. The average Bonchev–Trinajstić information content (AvgIpc) is 3.40. The van der Waals surface area contributed by atoms with Gasteiger partial charge in [-0.2, -0.15) is 0 Å². The molecule has 0 atom stereocenters. The summed E-state index contributed by atoms with van der Waals surface area (Å²) in [5.41, 5.74) is 11.3. The van der Waals surface area contributed by atoms with Crippen LogP contribution in [0.3, 0.4) is 0 Å². The van der Waals surface area contributed by atoms with Crippen LogP contribution in [0.15, 0.2) is 79.1 Å². The van der Waals surface area contributed by atoms with Crippen molar-refractivity contribution in [2.75, 3.05) is 10.6 Å². The van der Waals surface area contributed by atoms with Crippen LogP contribution in [0, 0.1) is 5.41 Å². The van der Waals surface area contributed by atoms with Gasteiger partial charge in [0, 0.05) is 46.7 Å². The number of ether oxygens (including phenoxy) is 1. The van der Waals surface area contributed by atoms with E-state index in [1.165, 1.54) is 12.4 Å². The van der Waals surface area contributed by atoms with Crippen molar-refractivity contribution in [1.29, 1.82) is 5.41 Å². The highest BCUT2D eigenvalue weighted by atomic mass is 16.5. The smallest absolute Gasteiger partial charge is 0.274 e. The van der Waals surface area contributed by atoms with Crippen molar-refractivity contribution >= 4 is 34.9 Å². The molecule has 2 aromatic carbocycles. The number of anilines is 3. The number of rotatable bonds is 7. The summed E-state index contributed by atoms with van der Waals surface area (Å²) in [4.78, 5) is 26.1. The third-order valence-corrected chi connectivity index (χ3v) is 5.67. The summed E-state index contributed by atoms with van der Waals surface area (Å²) in [5.74, 6) is 0.881. The second kappa shape index (κ2) is 10.2. The number of nitrogens with zero attached hydrogens (tertiary/aromatic N) is 3. The van der Waals surface area contributed by atoms with Gasteiger partial charge in [-0.1, -0.05) is 30.3 Å². The quantitative estimate of drug-likeness (QED) is 0.287. The number of nitrogens with two attached hydrogens (primary N) is 1. The van der Waals surface area contributed by atoms with Crippen LogP contribution in [0.2, 0.25) is 0 Å². The summed E-state index contributed by atoms with van der Waals surface area (Å²) >= 11 is 0. The fourth-order valence-corrected chi connectivity index (χ4v) is 3.82. The van der Waals surface area contributed by atoms with Crippen LogP contribution in [0.4, 0.5) is 17.2 Å². The van der Waals surface area contributed by atoms with E-state index in [2.05, 4.69) is 15.6 Å². The maximum absolute atomic E-state index is 12.5. The van der Waals surface area contributed by atoms with Crippen LogP contribution in [0.5, 0.6) is 0 Å². The Morgan fingerprint density at radius 3 is 2.61 bits per heavy atom. The third-order valence-electron chi connectivity index (χ3n) is 5.67. The summed E-state index contributed by atoms with van der Waals surface area (Å²) in [5, 5.41) is 13.7. The molecule has 9 heteroatoms. The number of allylic oxidation sites excluding steroid dienone is 1. The highest BCUT2D eigenvalue weighted by Gasteiger charge is 2.21. The largest absolute Gasteiger partial charge is 0.404 e. The molecule has 3 heterocycles. The molecule has 0 unspecified atom stereocenters. The van der Waals surface area contributed by atoms with Crippen LogP contribution in [0.1, 0.15) is 27.3 Å². The van der Waals surface area contributed by atoms with E-state index in [-0.39, 0.29) is 5.91 Å². The molecule has 2 aromatic heterocycles. The van der Waals surface area contributed by atoms with Crippen LogP contribution >= 0.6 is 0 Å². The molecular weight excluding hydrogens is 454 g/mol. The van der Waals surface area contributed by atoms with Gasteiger partial charge in [0.1, 0.15) is 11.5 Å². The van der Waals surface area contributed by atoms with Gasteiger partial charge in [0.2, 0.25) is 0 Å². The number of hydrogen-bond donors (Lipinski definition) is 4. The van der Waals surface area contributed by atoms with E-state index in [4.69, 9.17) is 25.8 Å². The van der Waals surface area contributed by atoms with Gasteiger partial charge < -0.3 is 26.5 Å². The van der Waals surface area contributed by atoms with E-state index in [1.807, 2.05) is 42.5 Å². The summed E-state index contributed by atoms with van der Waals surface area (Å²) in [6, 6.07) is 20.1. The number of benzene rings is 2. The van der Waals surface area contributed by atoms with E-state index in [1.54, 1.807) is 30.5 Å². The molecule has 36 heavy (non-hydrogen) atoms. The molecule has 1 aliphatic heterocycles. The first kappa shape index (κ1) is 22.9. The lowest BCUT2D eigenvalue weighted by Gasteiger charge is -2.13. The van der Waals surface area contributed by atoms with Crippen LogP contribution in [-0.4, -0.2) is 27.1 Å². The highest BCUT2D eigenvalue weighted by Crippen LogP contribution is 2.31. The van der Waals surface area contributed by atoms with Crippen LogP contribution in [-0.2, 0) is 18.0 Å². The Balaban J connectivity index is 1.42. The summed E-state index contributed by atoms with van der Waals surface area (Å²) < 4.78 is 5.64. The maximum atomic E-state index is 12.5. The monoisotopic (exact) mass is 477 g/mol. The first-order chi connectivity index (χ1) is 17.6. The highest BCUT2D eigenvalue weighted by molar-refractivity contribution is 6.08. The van der Waals surface area contributed by atoms with Gasteiger partial charge in [0.15, 0.2) is 5.82 Å². The SMILES string of the molecule is N=C/C(=C\N)c1ccc(Nc2nc(-c3cccc(NC(=O)c4ccccn4)c3)nc3c2COC3)cc1. The summed E-state index contributed by atoms with van der Waals surface area (Å²) in [6.45, 7) is 0.822. The van der Waals surface area contributed by atoms with Crippen molar-refractivity contribution in [2.45, 2.75) is 13.2 Å². The molecule has 0 aliphatic carbocycles. The zero-order chi connectivity index (χ0) is 24.9. The fraction of sp³-hybridized carbons (Fsp3) is 0.0741. The lowest BCUT2D eigenvalue weighted by Crippen LogP contribution is -2.13. The molecule has 1 aliphatic rings. The standard InChI is InChI=1S/C27H23N7O2/c28-13-19(14-29)17-7-9-20(10-8-17)31-26-22-15-36-16-24(22)33-25(34-26)18-4-3-5-21(12-18)32-27(35)23-6-1-2-11-30-23/h1-14,28H,15-16,29H2,(H,32,35)(H,31,33,34)/b19-14+,28-13?. The zero-order valence-electron chi connectivity index (χ0n) is 19.2. The average molecular weight is 478 g/mol. The Hall–Kier alpha value is -4.89. The minimum absolute atomic E-state index is 0.294. The number of pyridine rings is 1. The molecule has 0 fully saturated rings. The summed E-state index contributed by atoms with van der Waals surface area (Å²) in [6.07, 6.45) is 4.20. The van der Waals surface area contributed by atoms with E-state index in [0.717, 1.165) is 28.1 Å². The number of carbonyl (C=O) groups is 1. The Morgan fingerprint density at radius 1 is 1.00 bits per heavy atom. The number of nitrogens with one attached hydrogen (secondary N) is 3. The number of carbonyl (C=O) groups excluding carboxylic acids is 1. The normalized spacial score (nSPS) is 12.6. The predicted molar refractivity (Wildman–Crippen MR) is 139 cm³/mol. The van der Waals surface area contributed by atoms with Gasteiger partial charge >= 0.3 is 0 Å². The van der Waals surface area contributed by atoms with Gasteiger partial charge in [0.05, 0.1) is 18.9 Å². The minimum atomic E-state index is -0.294. The number of amides is 1. The van der Waals surface area contributed by atoms with E-state index < -0.39 is 0 Å². The van der Waals surface area contributed by atoms with Crippen molar-refractivity contribution in [3.05, 3.63) is 102 Å². The maximum Gasteiger partial charge on any atom is 0.274 e. The molecule has 5 rings (SSSR count). The Labute approximate surface area is 207 Å². The zero-order valence-corrected chi connectivity index (χ0v) is 19.2. The van der Waals surface area contributed by atoms with Gasteiger partial charge in [-0.25, -0.2) is 9.97 Å². The minimum Gasteiger partial charge on any atom is -0.404 e. The van der Waals surface area contributed by atoms with E-state index in [9.17, 15) is 4.79 Å². The molecule has 0 saturated heterocycles. The van der Waals surface area contributed by atoms with Gasteiger partial charge in [0.25, 0.3) is 5.91 Å². The topological polar surface area (TPSA) is 139 Å². The molecule has 0 spiro atoms. The first-order valence-electron chi connectivity index (χ1n) is 11.2. The van der Waals surface area contributed by atoms with Gasteiger partial charge in [-0.15, -0.1) is 0 Å². The van der Waals surface area contributed by atoms with Crippen molar-refractivity contribution in [3.63, 3.8) is 0 Å². The summed E-state index contributed by atoms with van der Waals surface area (Å²) in [7, 11) is 0. The Kier molecular flexibility index (Phi) is 6.46. The molecule has 4 aromatic rings. The molecule has 5 N–H and O–H groups in total. The first-order valence-corrected chi connectivity index (χ1v) is 11.2. The molecule has 0 bridgehead atoms. The Bertz CT molecular complexity index is 1450. The number of hydrogen-bond acceptors (Lipinski definition) is 8. The van der Waals surface area contributed by atoms with Gasteiger partial charge in [-0.3, -0.25) is 9.78 Å². The molecule has 1 amide bonds. The molecular formula is C27H23N7O2. The van der Waals surface area contributed by atoms with Crippen molar-refractivity contribution in [1.82, 2.24) is 15.0 Å². The second-order valence-corrected chi connectivity index (χ2v) is 8.03. The van der Waals surface area contributed by atoms with Crippen molar-refractivity contribution in [2.24, 2.45) is 5.73 Å². The van der Waals surface area contributed by atoms with E-state index in [0.29, 0.717) is 41.8 Å². The second-order valence-electron chi connectivity index (χ2n) is 8.03. The predicted octanol–water partition coefficient (Wildman–Crippen LogP) is 4.51. The molecule has 178 valence electrons. The Morgan fingerprint density at radius 2 is 1.86 bits per heavy atom. The number of aromatic nitrogens is 3. The van der Waals surface area contributed by atoms with Gasteiger partial charge in [-0.05, 0) is 42.0 Å². The lowest BCUT2D eigenvalue weighted by atomic mass is 10.1. The van der Waals surface area contributed by atoms with Crippen molar-refractivity contribution < 1.29 is 9.53 Å². The molecule has 9 nitrogen and oxygen atoms in total. The van der Waals surface area contributed by atoms with Crippen molar-refractivity contribution in [3.8, 4) is 11.4 Å². The lowest BCUT2D eigenvalue weighted by molar-refractivity contribution is 0.102. The van der Waals surface area contributed by atoms with E-state index >= 15 is 0 Å². The third kappa shape index (κ3) is 4.82. The number of fused-ring (bicyclic) bond motifs is 1. The molecule has 0 saturated carbocycles.